The van der Waals surface area contributed by atoms with E-state index in [2.05, 4.69) is 10.6 Å². The molecule has 2 aliphatic rings. The van der Waals surface area contributed by atoms with Crippen LogP contribution >= 0.6 is 24.0 Å². The van der Waals surface area contributed by atoms with Crippen molar-refractivity contribution in [2.45, 2.75) is 63.8 Å². The van der Waals surface area contributed by atoms with Crippen molar-refractivity contribution in [3.63, 3.8) is 0 Å². The Labute approximate surface area is 174 Å². The van der Waals surface area contributed by atoms with Gasteiger partial charge in [-0.3, -0.25) is 4.99 Å². The van der Waals surface area contributed by atoms with Crippen LogP contribution in [0.15, 0.2) is 27.8 Å². The SMILES string of the molecule is COCCC1(CN=C(NCCc2ccco2)NC2CCCC2)CCC1.I. The smallest absolute Gasteiger partial charge is 0.191 e. The number of aliphatic imine (C=N–C) groups is 1. The fourth-order valence-corrected chi connectivity index (χ4v) is 3.90. The number of rotatable bonds is 9. The van der Waals surface area contributed by atoms with Crippen molar-refractivity contribution in [3.8, 4) is 0 Å². The molecule has 0 radical (unpaired) electrons. The summed E-state index contributed by atoms with van der Waals surface area (Å²) in [6.45, 7) is 2.59. The summed E-state index contributed by atoms with van der Waals surface area (Å²) in [6, 6.07) is 4.54. The monoisotopic (exact) mass is 475 g/mol. The molecule has 0 aromatic carbocycles. The van der Waals surface area contributed by atoms with Crippen molar-refractivity contribution in [1.82, 2.24) is 10.6 Å². The minimum atomic E-state index is 0. The van der Waals surface area contributed by atoms with E-state index in [1.165, 1.54) is 44.9 Å². The number of hydrogen-bond acceptors (Lipinski definition) is 3. The minimum absolute atomic E-state index is 0. The van der Waals surface area contributed by atoms with Crippen molar-refractivity contribution in [2.75, 3.05) is 26.8 Å². The Hall–Kier alpha value is -0.760. The molecule has 2 fully saturated rings. The average Bonchev–Trinajstić information content (AvgIpc) is 3.27. The number of nitrogens with zero attached hydrogens (tertiary/aromatic N) is 1. The van der Waals surface area contributed by atoms with Crippen LogP contribution in [-0.2, 0) is 11.2 Å². The van der Waals surface area contributed by atoms with E-state index < -0.39 is 0 Å². The Kier molecular flexibility index (Phi) is 9.25. The lowest BCUT2D eigenvalue weighted by molar-refractivity contribution is 0.0778. The van der Waals surface area contributed by atoms with Gasteiger partial charge < -0.3 is 19.8 Å². The summed E-state index contributed by atoms with van der Waals surface area (Å²) in [6.07, 6.45) is 12.8. The van der Waals surface area contributed by atoms with Crippen LogP contribution in [-0.4, -0.2) is 38.8 Å². The number of halogens is 1. The van der Waals surface area contributed by atoms with Gasteiger partial charge in [-0.15, -0.1) is 24.0 Å². The maximum absolute atomic E-state index is 5.42. The van der Waals surface area contributed by atoms with Crippen LogP contribution < -0.4 is 10.6 Å². The van der Waals surface area contributed by atoms with Crippen molar-refractivity contribution < 1.29 is 9.15 Å². The third kappa shape index (κ3) is 6.44. The van der Waals surface area contributed by atoms with Gasteiger partial charge in [-0.25, -0.2) is 0 Å². The third-order valence-corrected chi connectivity index (χ3v) is 5.76. The van der Waals surface area contributed by atoms with Crippen molar-refractivity contribution >= 4 is 29.9 Å². The summed E-state index contributed by atoms with van der Waals surface area (Å²) >= 11 is 0. The van der Waals surface area contributed by atoms with E-state index in [-0.39, 0.29) is 24.0 Å². The zero-order valence-electron chi connectivity index (χ0n) is 16.0. The summed E-state index contributed by atoms with van der Waals surface area (Å²) in [5.74, 6) is 1.99. The maximum atomic E-state index is 5.42. The molecule has 2 aliphatic carbocycles. The quantitative estimate of drug-likeness (QED) is 0.321. The molecule has 1 aromatic rings. The molecule has 0 spiro atoms. The van der Waals surface area contributed by atoms with E-state index in [0.717, 1.165) is 44.3 Å². The normalized spacial score (nSPS) is 19.7. The van der Waals surface area contributed by atoms with E-state index in [0.29, 0.717) is 11.5 Å². The van der Waals surface area contributed by atoms with Crippen LogP contribution in [0.25, 0.3) is 0 Å². The molecule has 0 aliphatic heterocycles. The standard InChI is InChI=1S/C20H33N3O2.HI/c1-24-15-12-20(10-5-11-20)16-22-19(23-17-6-2-3-7-17)21-13-9-18-8-4-14-25-18;/h4,8,14,17H,2-3,5-7,9-13,15-16H2,1H3,(H2,21,22,23);1H. The fourth-order valence-electron chi connectivity index (χ4n) is 3.90. The molecule has 148 valence electrons. The lowest BCUT2D eigenvalue weighted by atomic mass is 9.67. The summed E-state index contributed by atoms with van der Waals surface area (Å²) in [7, 11) is 1.79. The second-order valence-electron chi connectivity index (χ2n) is 7.64. The molecule has 0 amide bonds. The molecule has 2 N–H and O–H groups in total. The van der Waals surface area contributed by atoms with Crippen molar-refractivity contribution in [1.29, 1.82) is 0 Å². The second-order valence-corrected chi connectivity index (χ2v) is 7.64. The molecule has 2 saturated carbocycles. The second kappa shape index (κ2) is 11.2. The van der Waals surface area contributed by atoms with Crippen LogP contribution in [0.5, 0.6) is 0 Å². The van der Waals surface area contributed by atoms with Crippen molar-refractivity contribution in [3.05, 3.63) is 24.2 Å². The van der Waals surface area contributed by atoms with Gasteiger partial charge in [0, 0.05) is 39.3 Å². The molecular weight excluding hydrogens is 441 g/mol. The highest BCUT2D eigenvalue weighted by Crippen LogP contribution is 2.44. The number of furan rings is 1. The zero-order chi connectivity index (χ0) is 17.4. The van der Waals surface area contributed by atoms with E-state index in [4.69, 9.17) is 14.1 Å². The van der Waals surface area contributed by atoms with Gasteiger partial charge in [0.05, 0.1) is 6.26 Å². The molecule has 0 saturated heterocycles. The molecular formula is C20H34IN3O2. The van der Waals surface area contributed by atoms with Gasteiger partial charge in [0.15, 0.2) is 5.96 Å². The van der Waals surface area contributed by atoms with Gasteiger partial charge >= 0.3 is 0 Å². The highest BCUT2D eigenvalue weighted by Gasteiger charge is 2.36. The van der Waals surface area contributed by atoms with Crippen LogP contribution in [0, 0.1) is 5.41 Å². The van der Waals surface area contributed by atoms with Crippen molar-refractivity contribution in [2.24, 2.45) is 10.4 Å². The lowest BCUT2D eigenvalue weighted by Crippen LogP contribution is -2.44. The summed E-state index contributed by atoms with van der Waals surface area (Å²) in [5, 5.41) is 7.16. The molecule has 5 nitrogen and oxygen atoms in total. The van der Waals surface area contributed by atoms with E-state index in [9.17, 15) is 0 Å². The number of ether oxygens (including phenoxy) is 1. The topological polar surface area (TPSA) is 58.8 Å². The molecule has 3 rings (SSSR count). The Morgan fingerprint density at radius 1 is 1.31 bits per heavy atom. The Morgan fingerprint density at radius 3 is 2.73 bits per heavy atom. The fraction of sp³-hybridized carbons (Fsp3) is 0.750. The van der Waals surface area contributed by atoms with E-state index in [1.807, 2.05) is 12.1 Å². The van der Waals surface area contributed by atoms with Crippen LogP contribution in [0.1, 0.15) is 57.1 Å². The molecule has 0 unspecified atom stereocenters. The van der Waals surface area contributed by atoms with E-state index in [1.54, 1.807) is 13.4 Å². The molecule has 26 heavy (non-hydrogen) atoms. The van der Waals surface area contributed by atoms with Gasteiger partial charge in [-0.2, -0.15) is 0 Å². The maximum Gasteiger partial charge on any atom is 0.191 e. The minimum Gasteiger partial charge on any atom is -0.469 e. The highest BCUT2D eigenvalue weighted by atomic mass is 127. The van der Waals surface area contributed by atoms with Crippen LogP contribution in [0.4, 0.5) is 0 Å². The zero-order valence-corrected chi connectivity index (χ0v) is 18.3. The first-order chi connectivity index (χ1) is 12.3. The Balaban J connectivity index is 0.00000243. The molecule has 1 heterocycles. The highest BCUT2D eigenvalue weighted by molar-refractivity contribution is 14.0. The first-order valence-electron chi connectivity index (χ1n) is 9.86. The lowest BCUT2D eigenvalue weighted by Gasteiger charge is -2.41. The van der Waals surface area contributed by atoms with Crippen LogP contribution in [0.2, 0.25) is 0 Å². The van der Waals surface area contributed by atoms with Gasteiger partial charge in [0.2, 0.25) is 0 Å². The van der Waals surface area contributed by atoms with Gasteiger partial charge in [0.25, 0.3) is 0 Å². The Bertz CT molecular complexity index is 523. The summed E-state index contributed by atoms with van der Waals surface area (Å²) in [5.41, 5.74) is 0.362. The molecule has 0 atom stereocenters. The first kappa shape index (κ1) is 21.5. The van der Waals surface area contributed by atoms with Gasteiger partial charge in [-0.1, -0.05) is 19.3 Å². The summed E-state index contributed by atoms with van der Waals surface area (Å²) in [4.78, 5) is 4.96. The number of hydrogen-bond donors (Lipinski definition) is 2. The number of methoxy groups -OCH3 is 1. The largest absolute Gasteiger partial charge is 0.469 e. The molecule has 6 heteroatoms. The number of nitrogens with one attached hydrogen (secondary N) is 2. The Morgan fingerprint density at radius 2 is 2.12 bits per heavy atom. The third-order valence-electron chi connectivity index (χ3n) is 5.76. The van der Waals surface area contributed by atoms with Gasteiger partial charge in [-0.05, 0) is 49.7 Å². The van der Waals surface area contributed by atoms with Gasteiger partial charge in [0.1, 0.15) is 5.76 Å². The predicted molar refractivity (Wildman–Crippen MR) is 116 cm³/mol. The molecule has 0 bridgehead atoms. The average molecular weight is 475 g/mol. The van der Waals surface area contributed by atoms with Crippen LogP contribution in [0.3, 0.4) is 0 Å². The molecule has 1 aromatic heterocycles. The van der Waals surface area contributed by atoms with E-state index >= 15 is 0 Å². The number of guanidine groups is 1. The predicted octanol–water partition coefficient (Wildman–Crippen LogP) is 4.12. The first-order valence-corrected chi connectivity index (χ1v) is 9.86. The summed E-state index contributed by atoms with van der Waals surface area (Å²) < 4.78 is 10.7.